The molecule has 0 amide bonds. The molecule has 0 saturated carbocycles. The van der Waals surface area contributed by atoms with E-state index in [0.29, 0.717) is 27.8 Å². The van der Waals surface area contributed by atoms with Crippen molar-refractivity contribution in [2.24, 2.45) is 0 Å². The molecule has 0 radical (unpaired) electrons. The molecule has 1 N–H and O–H groups in total. The highest BCUT2D eigenvalue weighted by atomic mass is 32.1. The van der Waals surface area contributed by atoms with Crippen molar-refractivity contribution in [3.63, 3.8) is 0 Å². The molecule has 11 heteroatoms. The van der Waals surface area contributed by atoms with E-state index in [-0.39, 0.29) is 11.8 Å². The van der Waals surface area contributed by atoms with Crippen LogP contribution in [0.5, 0.6) is 5.75 Å². The molecular formula is C20H19F3N4O3S. The molecule has 0 atom stereocenters. The quantitative estimate of drug-likeness (QED) is 0.394. The maximum atomic E-state index is 12.4. The van der Waals surface area contributed by atoms with Crippen molar-refractivity contribution in [3.8, 4) is 5.75 Å². The summed E-state index contributed by atoms with van der Waals surface area (Å²) in [6.45, 7) is 4.48. The number of hydrogen-bond donors (Lipinski definition) is 1. The minimum absolute atomic E-state index is 0.168. The van der Waals surface area contributed by atoms with Gasteiger partial charge in [-0.25, -0.2) is 9.97 Å². The van der Waals surface area contributed by atoms with Crippen LogP contribution in [-0.2, 0) is 9.53 Å². The lowest BCUT2D eigenvalue weighted by molar-refractivity contribution is -0.274. The Morgan fingerprint density at radius 1 is 1.13 bits per heavy atom. The second-order valence-electron chi connectivity index (χ2n) is 6.54. The fourth-order valence-electron chi connectivity index (χ4n) is 2.91. The van der Waals surface area contributed by atoms with Crippen LogP contribution in [0, 0.1) is 0 Å². The fourth-order valence-corrected chi connectivity index (χ4v) is 3.79. The first-order valence-electron chi connectivity index (χ1n) is 9.08. The zero-order valence-corrected chi connectivity index (χ0v) is 17.6. The molecule has 0 aliphatic carbocycles. The summed E-state index contributed by atoms with van der Waals surface area (Å²) in [5.74, 6) is 0.372. The summed E-state index contributed by atoms with van der Waals surface area (Å²) in [5, 5.41) is 3.74. The normalized spacial score (nSPS) is 11.3. The second-order valence-corrected chi connectivity index (χ2v) is 7.57. The topological polar surface area (TPSA) is 78.3 Å². The maximum Gasteiger partial charge on any atom is 0.573 e. The number of alkyl halides is 3. The number of halogens is 3. The van der Waals surface area contributed by atoms with Crippen LogP contribution >= 0.6 is 11.3 Å². The zero-order valence-electron chi connectivity index (χ0n) is 16.8. The predicted molar refractivity (Wildman–Crippen MR) is 113 cm³/mol. The van der Waals surface area contributed by atoms with E-state index in [1.807, 2.05) is 24.3 Å². The van der Waals surface area contributed by atoms with Gasteiger partial charge in [-0.2, -0.15) is 0 Å². The molecule has 2 heterocycles. The van der Waals surface area contributed by atoms with Crippen molar-refractivity contribution < 1.29 is 27.4 Å². The van der Waals surface area contributed by atoms with E-state index in [4.69, 9.17) is 4.79 Å². The molecular weight excluding hydrogens is 433 g/mol. The number of hydrogen-bond acceptors (Lipinski definition) is 7. The molecule has 4 rings (SSSR count). The van der Waals surface area contributed by atoms with Gasteiger partial charge in [0.1, 0.15) is 5.75 Å². The van der Waals surface area contributed by atoms with Crippen molar-refractivity contribution in [2.75, 3.05) is 12.4 Å². The van der Waals surface area contributed by atoms with Crippen molar-refractivity contribution in [1.29, 1.82) is 0 Å². The van der Waals surface area contributed by atoms with E-state index >= 15 is 0 Å². The number of nitrogens with one attached hydrogen (secondary N) is 1. The average Bonchev–Trinajstić information content (AvgIpc) is 3.26. The third-order valence-electron chi connectivity index (χ3n) is 4.02. The number of imidazole rings is 1. The van der Waals surface area contributed by atoms with Crippen LogP contribution in [0.15, 0.2) is 42.5 Å². The summed E-state index contributed by atoms with van der Waals surface area (Å²) in [6.07, 6.45) is -4.72. The summed E-state index contributed by atoms with van der Waals surface area (Å²) in [5.41, 5.74) is 2.44. The first-order chi connectivity index (χ1) is 14.7. The highest BCUT2D eigenvalue weighted by molar-refractivity contribution is 7.22. The molecule has 0 spiro atoms. The van der Waals surface area contributed by atoms with Gasteiger partial charge in [-0.15, -0.1) is 13.2 Å². The average molecular weight is 452 g/mol. The van der Waals surface area contributed by atoms with E-state index in [1.54, 1.807) is 0 Å². The summed E-state index contributed by atoms with van der Waals surface area (Å²) in [4.78, 5) is 18.0. The Kier molecular flexibility index (Phi) is 6.64. The molecule has 0 unspecified atom stereocenters. The van der Waals surface area contributed by atoms with Gasteiger partial charge in [0.25, 0.3) is 6.47 Å². The minimum Gasteiger partial charge on any atom is -0.471 e. The maximum absolute atomic E-state index is 12.4. The molecule has 7 nitrogen and oxygen atoms in total. The summed E-state index contributed by atoms with van der Waals surface area (Å²) < 4.78 is 47.7. The van der Waals surface area contributed by atoms with Gasteiger partial charge < -0.3 is 19.4 Å². The standard InChI is InChI=1S/C18H15F3N4OS.C2H4O2/c1-10(2)25-14-6-4-3-5-12(14)22-16(25)24-17-23-13-8-7-11(9-15(13)27-17)26-18(19,20)21;1-4-2-3/h3-10H,1-2H3,(H,22,23,24);2H,1H3. The molecule has 0 fully saturated rings. The Morgan fingerprint density at radius 3 is 2.48 bits per heavy atom. The minimum atomic E-state index is -4.72. The smallest absolute Gasteiger partial charge is 0.471 e. The first kappa shape index (κ1) is 22.3. The number of nitrogens with zero attached hydrogens (tertiary/aromatic N) is 3. The van der Waals surface area contributed by atoms with E-state index in [9.17, 15) is 13.2 Å². The van der Waals surface area contributed by atoms with Crippen molar-refractivity contribution in [1.82, 2.24) is 14.5 Å². The summed E-state index contributed by atoms with van der Waals surface area (Å²) >= 11 is 1.24. The largest absolute Gasteiger partial charge is 0.573 e. The number of thiazole rings is 1. The number of methoxy groups -OCH3 is 1. The molecule has 4 aromatic rings. The monoisotopic (exact) mass is 452 g/mol. The molecule has 0 saturated heterocycles. The van der Waals surface area contributed by atoms with Crippen LogP contribution in [-0.4, -0.2) is 34.5 Å². The third-order valence-corrected chi connectivity index (χ3v) is 4.95. The predicted octanol–water partition coefficient (Wildman–Crippen LogP) is 5.66. The van der Waals surface area contributed by atoms with Crippen LogP contribution in [0.3, 0.4) is 0 Å². The van der Waals surface area contributed by atoms with Crippen molar-refractivity contribution in [3.05, 3.63) is 42.5 Å². The number of ether oxygens (including phenoxy) is 2. The SMILES string of the molecule is CC(C)n1c(Nc2nc3ccc(OC(F)(F)F)cc3s2)nc2ccccc21.COC=O. The highest BCUT2D eigenvalue weighted by Gasteiger charge is 2.31. The first-order valence-corrected chi connectivity index (χ1v) is 9.90. The van der Waals surface area contributed by atoms with Gasteiger partial charge in [0.15, 0.2) is 5.13 Å². The van der Waals surface area contributed by atoms with Gasteiger partial charge in [-0.1, -0.05) is 23.5 Å². The third kappa shape index (κ3) is 5.43. The van der Waals surface area contributed by atoms with Crippen LogP contribution in [0.1, 0.15) is 19.9 Å². The van der Waals surface area contributed by atoms with Gasteiger partial charge in [-0.3, -0.25) is 4.79 Å². The van der Waals surface area contributed by atoms with Crippen LogP contribution < -0.4 is 10.1 Å². The van der Waals surface area contributed by atoms with Gasteiger partial charge >= 0.3 is 6.36 Å². The molecule has 31 heavy (non-hydrogen) atoms. The summed E-state index contributed by atoms with van der Waals surface area (Å²) in [6, 6.07) is 12.0. The fraction of sp³-hybridized carbons (Fsp3) is 0.250. The van der Waals surface area contributed by atoms with Gasteiger partial charge in [-0.05, 0) is 38.1 Å². The molecule has 164 valence electrons. The van der Waals surface area contributed by atoms with Gasteiger partial charge in [0, 0.05) is 12.1 Å². The summed E-state index contributed by atoms with van der Waals surface area (Å²) in [7, 11) is 1.31. The van der Waals surface area contributed by atoms with Gasteiger partial charge in [0.05, 0.1) is 28.4 Å². The Morgan fingerprint density at radius 2 is 1.84 bits per heavy atom. The van der Waals surface area contributed by atoms with Crippen molar-refractivity contribution >= 4 is 50.1 Å². The number of carbonyl (C=O) groups excluding carboxylic acids is 1. The van der Waals surface area contributed by atoms with Gasteiger partial charge in [0.2, 0.25) is 5.95 Å². The number of fused-ring (bicyclic) bond motifs is 2. The van der Waals surface area contributed by atoms with E-state index < -0.39 is 6.36 Å². The highest BCUT2D eigenvalue weighted by Crippen LogP contribution is 2.34. The van der Waals surface area contributed by atoms with Crippen LogP contribution in [0.25, 0.3) is 21.3 Å². The zero-order chi connectivity index (χ0) is 22.6. The van der Waals surface area contributed by atoms with E-state index in [1.165, 1.54) is 36.6 Å². The molecule has 0 aliphatic rings. The van der Waals surface area contributed by atoms with Crippen molar-refractivity contribution in [2.45, 2.75) is 26.3 Å². The molecule has 0 bridgehead atoms. The number of carbonyl (C=O) groups is 1. The Hall–Kier alpha value is -3.34. The van der Waals surface area contributed by atoms with Crippen LogP contribution in [0.2, 0.25) is 0 Å². The lowest BCUT2D eigenvalue weighted by Gasteiger charge is -2.12. The number of benzene rings is 2. The second kappa shape index (κ2) is 9.21. The Labute approximate surface area is 179 Å². The number of anilines is 2. The van der Waals surface area contributed by atoms with Crippen LogP contribution in [0.4, 0.5) is 24.3 Å². The van der Waals surface area contributed by atoms with E-state index in [0.717, 1.165) is 11.0 Å². The Bertz CT molecular complexity index is 1190. The lowest BCUT2D eigenvalue weighted by Crippen LogP contribution is -2.16. The number of para-hydroxylation sites is 2. The Balaban J connectivity index is 0.000000628. The lowest BCUT2D eigenvalue weighted by atomic mass is 10.3. The van der Waals surface area contributed by atoms with E-state index in [2.05, 4.69) is 43.2 Å². The number of rotatable bonds is 5. The number of aromatic nitrogens is 3. The molecule has 0 aliphatic heterocycles. The molecule has 2 aromatic heterocycles. The molecule has 2 aromatic carbocycles.